The minimum atomic E-state index is -0.418. The first-order valence-corrected chi connectivity index (χ1v) is 4.10. The molecular formula is C9H8N2O3. The Bertz CT molecular complexity index is 516. The molecule has 0 aliphatic heterocycles. The monoisotopic (exact) mass is 192 g/mol. The van der Waals surface area contributed by atoms with Crippen LogP contribution in [0.25, 0.3) is 11.1 Å². The van der Waals surface area contributed by atoms with Gasteiger partial charge in [0.15, 0.2) is 11.5 Å². The van der Waals surface area contributed by atoms with Gasteiger partial charge in [0.1, 0.15) is 5.52 Å². The van der Waals surface area contributed by atoms with Crippen LogP contribution < -0.4 is 0 Å². The predicted octanol–water partition coefficient (Wildman–Crippen LogP) is 2.35. The van der Waals surface area contributed by atoms with E-state index in [1.54, 1.807) is 19.9 Å². The second kappa shape index (κ2) is 2.80. The normalized spacial score (nSPS) is 10.7. The molecular weight excluding hydrogens is 184 g/mol. The van der Waals surface area contributed by atoms with Gasteiger partial charge in [0.05, 0.1) is 4.92 Å². The maximum atomic E-state index is 10.6. The number of nitro benzene ring substituents is 1. The average Bonchev–Trinajstić information content (AvgIpc) is 2.42. The van der Waals surface area contributed by atoms with E-state index in [1.165, 1.54) is 6.07 Å². The highest BCUT2D eigenvalue weighted by molar-refractivity contribution is 5.77. The molecule has 0 amide bonds. The summed E-state index contributed by atoms with van der Waals surface area (Å²) in [5, 5.41) is 10.6. The van der Waals surface area contributed by atoms with Gasteiger partial charge in [0.25, 0.3) is 5.69 Å². The van der Waals surface area contributed by atoms with Crippen molar-refractivity contribution < 1.29 is 9.34 Å². The van der Waals surface area contributed by atoms with Crippen LogP contribution in [-0.2, 0) is 0 Å². The fourth-order valence-corrected chi connectivity index (χ4v) is 1.38. The first kappa shape index (κ1) is 8.68. The summed E-state index contributed by atoms with van der Waals surface area (Å²) in [5.74, 6) is 0.514. The number of nitro groups is 1. The number of hydrogen-bond acceptors (Lipinski definition) is 4. The number of hydrogen-bond donors (Lipinski definition) is 0. The summed E-state index contributed by atoms with van der Waals surface area (Å²) < 4.78 is 5.25. The third-order valence-corrected chi connectivity index (χ3v) is 2.01. The minimum Gasteiger partial charge on any atom is -0.441 e. The number of nitrogens with zero attached hydrogens (tertiary/aromatic N) is 2. The minimum absolute atomic E-state index is 0.0748. The number of aryl methyl sites for hydroxylation is 2. The lowest BCUT2D eigenvalue weighted by Gasteiger charge is -1.94. The molecule has 0 bridgehead atoms. The number of fused-ring (bicyclic) bond motifs is 1. The van der Waals surface area contributed by atoms with E-state index in [9.17, 15) is 10.1 Å². The van der Waals surface area contributed by atoms with E-state index in [0.717, 1.165) is 0 Å². The maximum absolute atomic E-state index is 10.6. The van der Waals surface area contributed by atoms with Gasteiger partial charge in [0, 0.05) is 18.6 Å². The second-order valence-corrected chi connectivity index (χ2v) is 3.10. The van der Waals surface area contributed by atoms with E-state index >= 15 is 0 Å². The van der Waals surface area contributed by atoms with Crippen molar-refractivity contribution in [2.24, 2.45) is 0 Å². The van der Waals surface area contributed by atoms with Gasteiger partial charge in [-0.1, -0.05) is 0 Å². The lowest BCUT2D eigenvalue weighted by Crippen LogP contribution is -1.90. The van der Waals surface area contributed by atoms with E-state index in [2.05, 4.69) is 4.98 Å². The van der Waals surface area contributed by atoms with Crippen LogP contribution >= 0.6 is 0 Å². The predicted molar refractivity (Wildman–Crippen MR) is 50.1 cm³/mol. The van der Waals surface area contributed by atoms with E-state index in [-0.39, 0.29) is 5.69 Å². The Morgan fingerprint density at radius 2 is 2.14 bits per heavy atom. The number of benzene rings is 1. The highest BCUT2D eigenvalue weighted by atomic mass is 16.6. The molecule has 0 saturated carbocycles. The summed E-state index contributed by atoms with van der Waals surface area (Å²) >= 11 is 0. The number of aromatic nitrogens is 1. The van der Waals surface area contributed by atoms with Crippen molar-refractivity contribution in [2.75, 3.05) is 0 Å². The molecule has 0 spiro atoms. The quantitative estimate of drug-likeness (QED) is 0.513. The molecule has 0 aliphatic rings. The third kappa shape index (κ3) is 1.22. The van der Waals surface area contributed by atoms with Gasteiger partial charge in [-0.25, -0.2) is 4.98 Å². The first-order valence-electron chi connectivity index (χ1n) is 4.10. The van der Waals surface area contributed by atoms with E-state index in [0.29, 0.717) is 22.6 Å². The Morgan fingerprint density at radius 3 is 2.79 bits per heavy atom. The summed E-state index contributed by atoms with van der Waals surface area (Å²) in [7, 11) is 0. The Hall–Kier alpha value is -1.91. The van der Waals surface area contributed by atoms with Crippen LogP contribution in [0, 0.1) is 24.0 Å². The zero-order chi connectivity index (χ0) is 10.3. The lowest BCUT2D eigenvalue weighted by molar-refractivity contribution is -0.385. The molecule has 5 nitrogen and oxygen atoms in total. The molecule has 0 fully saturated rings. The Labute approximate surface area is 79.5 Å². The molecule has 0 atom stereocenters. The fraction of sp³-hybridized carbons (Fsp3) is 0.222. The molecule has 2 rings (SSSR count). The Kier molecular flexibility index (Phi) is 1.73. The highest BCUT2D eigenvalue weighted by Gasteiger charge is 2.14. The molecule has 0 unspecified atom stereocenters. The molecule has 72 valence electrons. The summed E-state index contributed by atoms with van der Waals surface area (Å²) in [6.07, 6.45) is 0. The topological polar surface area (TPSA) is 69.2 Å². The van der Waals surface area contributed by atoms with Gasteiger partial charge < -0.3 is 4.42 Å². The summed E-state index contributed by atoms with van der Waals surface area (Å²) in [6, 6.07) is 3.06. The molecule has 0 aliphatic carbocycles. The summed E-state index contributed by atoms with van der Waals surface area (Å²) in [5.41, 5.74) is 1.77. The third-order valence-electron chi connectivity index (χ3n) is 2.01. The van der Waals surface area contributed by atoms with Gasteiger partial charge >= 0.3 is 0 Å². The molecule has 1 aromatic carbocycles. The fourth-order valence-electron chi connectivity index (χ4n) is 1.38. The zero-order valence-electron chi connectivity index (χ0n) is 7.77. The zero-order valence-corrected chi connectivity index (χ0v) is 7.77. The van der Waals surface area contributed by atoms with E-state index < -0.39 is 4.92 Å². The maximum Gasteiger partial charge on any atom is 0.274 e. The van der Waals surface area contributed by atoms with Crippen LogP contribution in [0.5, 0.6) is 0 Å². The summed E-state index contributed by atoms with van der Waals surface area (Å²) in [6.45, 7) is 3.39. The SMILES string of the molecule is Cc1nc2cc([N+](=O)[O-])c(C)cc2o1. The molecule has 1 heterocycles. The van der Waals surface area contributed by atoms with Crippen molar-refractivity contribution in [3.63, 3.8) is 0 Å². The van der Waals surface area contributed by atoms with Crippen molar-refractivity contribution in [1.29, 1.82) is 0 Å². The standard InChI is InChI=1S/C9H8N2O3/c1-5-3-9-7(10-6(2)14-9)4-8(5)11(12)13/h3-4H,1-2H3. The molecule has 14 heavy (non-hydrogen) atoms. The smallest absolute Gasteiger partial charge is 0.274 e. The number of oxazole rings is 1. The molecule has 0 saturated heterocycles. The molecule has 0 radical (unpaired) electrons. The largest absolute Gasteiger partial charge is 0.441 e. The average molecular weight is 192 g/mol. The van der Waals surface area contributed by atoms with Gasteiger partial charge in [-0.05, 0) is 13.0 Å². The highest BCUT2D eigenvalue weighted by Crippen LogP contribution is 2.25. The molecule has 2 aromatic rings. The summed E-state index contributed by atoms with van der Waals surface area (Å²) in [4.78, 5) is 14.2. The van der Waals surface area contributed by atoms with Crippen molar-refractivity contribution in [2.45, 2.75) is 13.8 Å². The van der Waals surface area contributed by atoms with Crippen molar-refractivity contribution in [3.8, 4) is 0 Å². The lowest BCUT2D eigenvalue weighted by atomic mass is 10.2. The van der Waals surface area contributed by atoms with Crippen LogP contribution in [0.15, 0.2) is 16.5 Å². The molecule has 0 N–H and O–H groups in total. The Balaban J connectivity index is 2.76. The van der Waals surface area contributed by atoms with Gasteiger partial charge in [-0.3, -0.25) is 10.1 Å². The van der Waals surface area contributed by atoms with Gasteiger partial charge in [-0.2, -0.15) is 0 Å². The van der Waals surface area contributed by atoms with Crippen molar-refractivity contribution >= 4 is 16.8 Å². The van der Waals surface area contributed by atoms with Crippen molar-refractivity contribution in [1.82, 2.24) is 4.98 Å². The number of rotatable bonds is 1. The van der Waals surface area contributed by atoms with Gasteiger partial charge in [0.2, 0.25) is 0 Å². The van der Waals surface area contributed by atoms with Gasteiger partial charge in [-0.15, -0.1) is 0 Å². The van der Waals surface area contributed by atoms with Crippen molar-refractivity contribution in [3.05, 3.63) is 33.7 Å². The van der Waals surface area contributed by atoms with E-state index in [1.807, 2.05) is 0 Å². The van der Waals surface area contributed by atoms with Crippen LogP contribution in [0.2, 0.25) is 0 Å². The molecule has 5 heteroatoms. The second-order valence-electron chi connectivity index (χ2n) is 3.10. The van der Waals surface area contributed by atoms with Crippen LogP contribution in [0.3, 0.4) is 0 Å². The first-order chi connectivity index (χ1) is 6.58. The van der Waals surface area contributed by atoms with Crippen LogP contribution in [0.1, 0.15) is 11.5 Å². The Morgan fingerprint density at radius 1 is 1.43 bits per heavy atom. The van der Waals surface area contributed by atoms with Crippen LogP contribution in [-0.4, -0.2) is 9.91 Å². The van der Waals surface area contributed by atoms with E-state index in [4.69, 9.17) is 4.42 Å². The molecule has 1 aromatic heterocycles. The van der Waals surface area contributed by atoms with Crippen LogP contribution in [0.4, 0.5) is 5.69 Å².